The van der Waals surface area contributed by atoms with Crippen LogP contribution >= 0.6 is 10.7 Å². The van der Waals surface area contributed by atoms with E-state index in [0.717, 1.165) is 18.9 Å². The highest BCUT2D eigenvalue weighted by Gasteiger charge is 2.39. The summed E-state index contributed by atoms with van der Waals surface area (Å²) in [6.45, 7) is 3.37. The SMILES string of the molecule is Cc1oc(C(=O)NC2(C)CC2)cc1S(=O)(=O)Cl. The summed E-state index contributed by atoms with van der Waals surface area (Å²) >= 11 is 0. The van der Waals surface area contributed by atoms with Crippen molar-refractivity contribution in [2.45, 2.75) is 37.1 Å². The van der Waals surface area contributed by atoms with E-state index in [9.17, 15) is 13.2 Å². The lowest BCUT2D eigenvalue weighted by atomic mass is 10.3. The molecule has 0 unspecified atom stereocenters. The predicted octanol–water partition coefficient (Wildman–Crippen LogP) is 1.80. The summed E-state index contributed by atoms with van der Waals surface area (Å²) in [4.78, 5) is 11.6. The molecule has 1 saturated carbocycles. The van der Waals surface area contributed by atoms with Gasteiger partial charge < -0.3 is 9.73 Å². The molecule has 94 valence electrons. The highest BCUT2D eigenvalue weighted by molar-refractivity contribution is 8.13. The van der Waals surface area contributed by atoms with Crippen LogP contribution in [0.4, 0.5) is 0 Å². The Bertz CT molecular complexity index is 571. The summed E-state index contributed by atoms with van der Waals surface area (Å²) in [7, 11) is 1.33. The number of nitrogens with one attached hydrogen (secondary N) is 1. The fourth-order valence-corrected chi connectivity index (χ4v) is 2.56. The number of amides is 1. The normalized spacial score (nSPS) is 17.8. The predicted molar refractivity (Wildman–Crippen MR) is 61.6 cm³/mol. The molecule has 7 heteroatoms. The van der Waals surface area contributed by atoms with Crippen molar-refractivity contribution in [3.8, 4) is 0 Å². The van der Waals surface area contributed by atoms with E-state index in [1.54, 1.807) is 0 Å². The van der Waals surface area contributed by atoms with Gasteiger partial charge in [-0.15, -0.1) is 0 Å². The van der Waals surface area contributed by atoms with Crippen molar-refractivity contribution >= 4 is 25.6 Å². The fraction of sp³-hybridized carbons (Fsp3) is 0.500. The van der Waals surface area contributed by atoms with Crippen LogP contribution in [0.1, 0.15) is 36.1 Å². The van der Waals surface area contributed by atoms with Crippen LogP contribution in [0.25, 0.3) is 0 Å². The van der Waals surface area contributed by atoms with Gasteiger partial charge in [-0.2, -0.15) is 0 Å². The lowest BCUT2D eigenvalue weighted by Gasteiger charge is -2.08. The maximum atomic E-state index is 11.8. The van der Waals surface area contributed by atoms with E-state index < -0.39 is 15.0 Å². The van der Waals surface area contributed by atoms with Crippen molar-refractivity contribution < 1.29 is 17.6 Å². The molecular formula is C10H12ClNO4S. The van der Waals surface area contributed by atoms with Crippen LogP contribution in [-0.2, 0) is 9.05 Å². The van der Waals surface area contributed by atoms with Crippen molar-refractivity contribution in [2.75, 3.05) is 0 Å². The molecule has 0 saturated heterocycles. The first-order chi connectivity index (χ1) is 7.71. The molecule has 0 radical (unpaired) electrons. The number of hydrogen-bond acceptors (Lipinski definition) is 4. The Hall–Kier alpha value is -1.01. The second-order valence-electron chi connectivity index (χ2n) is 4.48. The van der Waals surface area contributed by atoms with Gasteiger partial charge in [0.2, 0.25) is 0 Å². The summed E-state index contributed by atoms with van der Waals surface area (Å²) in [6.07, 6.45) is 1.83. The van der Waals surface area contributed by atoms with Crippen LogP contribution in [0.2, 0.25) is 0 Å². The molecule has 0 atom stereocenters. The number of carbonyl (C=O) groups excluding carboxylic acids is 1. The highest BCUT2D eigenvalue weighted by atomic mass is 35.7. The molecule has 2 rings (SSSR count). The second-order valence-corrected chi connectivity index (χ2v) is 7.02. The summed E-state index contributed by atoms with van der Waals surface area (Å²) in [6, 6.07) is 1.15. The number of carbonyl (C=O) groups is 1. The van der Waals surface area contributed by atoms with E-state index in [4.69, 9.17) is 15.1 Å². The standard InChI is InChI=1S/C10H12ClNO4S/c1-6-8(17(11,14)15)5-7(16-6)9(13)12-10(2)3-4-10/h5H,3-4H2,1-2H3,(H,12,13). The van der Waals surface area contributed by atoms with E-state index in [-0.39, 0.29) is 22.0 Å². The van der Waals surface area contributed by atoms with Gasteiger partial charge in [-0.1, -0.05) is 0 Å². The van der Waals surface area contributed by atoms with Crippen LogP contribution < -0.4 is 5.32 Å². The van der Waals surface area contributed by atoms with Crippen LogP contribution in [-0.4, -0.2) is 19.9 Å². The zero-order valence-electron chi connectivity index (χ0n) is 9.41. The largest absolute Gasteiger partial charge is 0.455 e. The second kappa shape index (κ2) is 3.74. The van der Waals surface area contributed by atoms with E-state index in [1.807, 2.05) is 6.92 Å². The third-order valence-corrected chi connectivity index (χ3v) is 4.20. The molecular weight excluding hydrogens is 266 g/mol. The van der Waals surface area contributed by atoms with E-state index in [2.05, 4.69) is 5.32 Å². The molecule has 17 heavy (non-hydrogen) atoms. The first kappa shape index (κ1) is 12.4. The fourth-order valence-electron chi connectivity index (χ4n) is 1.47. The maximum absolute atomic E-state index is 11.8. The minimum atomic E-state index is -3.88. The molecule has 1 N–H and O–H groups in total. The molecule has 5 nitrogen and oxygen atoms in total. The number of aryl methyl sites for hydroxylation is 1. The van der Waals surface area contributed by atoms with Gasteiger partial charge in [0.1, 0.15) is 10.7 Å². The number of halogens is 1. The third-order valence-electron chi connectivity index (χ3n) is 2.77. The van der Waals surface area contributed by atoms with Gasteiger partial charge in [-0.25, -0.2) is 8.42 Å². The van der Waals surface area contributed by atoms with E-state index in [1.165, 1.54) is 6.92 Å². The molecule has 0 bridgehead atoms. The van der Waals surface area contributed by atoms with E-state index >= 15 is 0 Å². The van der Waals surface area contributed by atoms with Crippen molar-refractivity contribution in [2.24, 2.45) is 0 Å². The summed E-state index contributed by atoms with van der Waals surface area (Å²) in [5.74, 6) is -0.333. The zero-order valence-corrected chi connectivity index (χ0v) is 11.0. The van der Waals surface area contributed by atoms with Crippen LogP contribution in [0, 0.1) is 6.92 Å². The maximum Gasteiger partial charge on any atom is 0.287 e. The van der Waals surface area contributed by atoms with Gasteiger partial charge in [0.05, 0.1) is 0 Å². The molecule has 1 amide bonds. The van der Waals surface area contributed by atoms with Gasteiger partial charge in [-0.05, 0) is 26.7 Å². The summed E-state index contributed by atoms with van der Waals surface area (Å²) in [5, 5.41) is 2.77. The van der Waals surface area contributed by atoms with Crippen molar-refractivity contribution in [1.82, 2.24) is 5.32 Å². The Morgan fingerprint density at radius 3 is 2.53 bits per heavy atom. The van der Waals surface area contributed by atoms with Crippen molar-refractivity contribution in [1.29, 1.82) is 0 Å². The average Bonchev–Trinajstić information content (AvgIpc) is 2.75. The Kier molecular flexibility index (Phi) is 2.74. The topological polar surface area (TPSA) is 76.4 Å². The summed E-state index contributed by atoms with van der Waals surface area (Å²) in [5.41, 5.74) is -0.183. The smallest absolute Gasteiger partial charge is 0.287 e. The third kappa shape index (κ3) is 2.63. The number of furan rings is 1. The van der Waals surface area contributed by atoms with Crippen LogP contribution in [0.3, 0.4) is 0 Å². The molecule has 0 spiro atoms. The highest BCUT2D eigenvalue weighted by Crippen LogP contribution is 2.35. The van der Waals surface area contributed by atoms with Gasteiger partial charge in [-0.3, -0.25) is 4.79 Å². The molecule has 1 fully saturated rings. The minimum Gasteiger partial charge on any atom is -0.455 e. The summed E-state index contributed by atoms with van der Waals surface area (Å²) < 4.78 is 27.4. The zero-order chi connectivity index (χ0) is 12.8. The Labute approximate surface area is 104 Å². The number of hydrogen-bond donors (Lipinski definition) is 1. The van der Waals surface area contributed by atoms with Crippen molar-refractivity contribution in [3.63, 3.8) is 0 Å². The van der Waals surface area contributed by atoms with E-state index in [0.29, 0.717) is 0 Å². The Morgan fingerprint density at radius 2 is 2.12 bits per heavy atom. The van der Waals surface area contributed by atoms with Crippen LogP contribution in [0.5, 0.6) is 0 Å². The monoisotopic (exact) mass is 277 g/mol. The molecule has 1 aliphatic carbocycles. The van der Waals surface area contributed by atoms with Crippen molar-refractivity contribution in [3.05, 3.63) is 17.6 Å². The average molecular weight is 278 g/mol. The Balaban J connectivity index is 2.26. The molecule has 1 aromatic heterocycles. The van der Waals surface area contributed by atoms with Crippen LogP contribution in [0.15, 0.2) is 15.4 Å². The van der Waals surface area contributed by atoms with Gasteiger partial charge in [0.15, 0.2) is 5.76 Å². The minimum absolute atomic E-state index is 0.0325. The van der Waals surface area contributed by atoms with Gasteiger partial charge >= 0.3 is 0 Å². The van der Waals surface area contributed by atoms with Gasteiger partial charge in [0, 0.05) is 22.3 Å². The Morgan fingerprint density at radius 1 is 1.53 bits per heavy atom. The molecule has 1 heterocycles. The molecule has 1 aliphatic rings. The lowest BCUT2D eigenvalue weighted by Crippen LogP contribution is -2.33. The van der Waals surface area contributed by atoms with Gasteiger partial charge in [0.25, 0.3) is 15.0 Å². The number of rotatable bonds is 3. The lowest BCUT2D eigenvalue weighted by molar-refractivity contribution is 0.0906. The first-order valence-electron chi connectivity index (χ1n) is 5.09. The first-order valence-corrected chi connectivity index (χ1v) is 7.40. The quantitative estimate of drug-likeness (QED) is 0.855. The molecule has 0 aliphatic heterocycles. The molecule has 0 aromatic carbocycles. The molecule has 1 aromatic rings.